The maximum Gasteiger partial charge on any atom is 0.435 e. The molecule has 0 aliphatic carbocycles. The number of carbonyl (C=O) groups excluding carboxylic acids is 1. The number of aryl methyl sites for hydroxylation is 2. The minimum Gasteiger partial charge on any atom is -0.350 e. The van der Waals surface area contributed by atoms with Crippen LogP contribution in [0, 0.1) is 6.92 Å². The van der Waals surface area contributed by atoms with E-state index in [1.165, 1.54) is 0 Å². The number of nitrogens with one attached hydrogen (secondary N) is 1. The molecule has 0 aromatic carbocycles. The molecule has 0 unspecified atom stereocenters. The van der Waals surface area contributed by atoms with Gasteiger partial charge in [-0.15, -0.1) is 0 Å². The molecule has 0 saturated heterocycles. The summed E-state index contributed by atoms with van der Waals surface area (Å²) in [7, 11) is 0. The molecule has 6 nitrogen and oxygen atoms in total. The van der Waals surface area contributed by atoms with Crippen LogP contribution >= 0.6 is 0 Å². The Morgan fingerprint density at radius 2 is 2.26 bits per heavy atom. The summed E-state index contributed by atoms with van der Waals surface area (Å²) in [6, 6.07) is 0.801. The smallest absolute Gasteiger partial charge is 0.350 e. The lowest BCUT2D eigenvalue weighted by Gasteiger charge is -2.24. The van der Waals surface area contributed by atoms with Gasteiger partial charge in [0.1, 0.15) is 12.4 Å². The van der Waals surface area contributed by atoms with Crippen LogP contribution in [0.15, 0.2) is 18.5 Å². The van der Waals surface area contributed by atoms with Gasteiger partial charge in [0, 0.05) is 31.4 Å². The number of aromatic nitrogens is 4. The van der Waals surface area contributed by atoms with Crippen molar-refractivity contribution >= 4 is 5.91 Å². The Bertz CT molecular complexity index is 718. The van der Waals surface area contributed by atoms with E-state index < -0.39 is 11.9 Å². The average molecular weight is 327 g/mol. The summed E-state index contributed by atoms with van der Waals surface area (Å²) in [5.74, 6) is 0.641. The summed E-state index contributed by atoms with van der Waals surface area (Å²) in [4.78, 5) is 16.4. The molecule has 0 saturated carbocycles. The molecule has 0 fully saturated rings. The second-order valence-electron chi connectivity index (χ2n) is 5.65. The highest BCUT2D eigenvalue weighted by molar-refractivity contribution is 5.75. The van der Waals surface area contributed by atoms with Crippen LogP contribution in [-0.4, -0.2) is 31.3 Å². The minimum atomic E-state index is -4.50. The molecule has 3 heterocycles. The molecule has 124 valence electrons. The van der Waals surface area contributed by atoms with Crippen molar-refractivity contribution in [3.63, 3.8) is 0 Å². The number of hydrogen-bond acceptors (Lipinski definition) is 3. The number of hydrogen-bond donors (Lipinski definition) is 1. The van der Waals surface area contributed by atoms with Gasteiger partial charge in [0.15, 0.2) is 5.69 Å². The highest BCUT2D eigenvalue weighted by Crippen LogP contribution is 2.27. The Morgan fingerprint density at radius 3 is 2.96 bits per heavy atom. The van der Waals surface area contributed by atoms with Gasteiger partial charge in [-0.2, -0.15) is 18.3 Å². The van der Waals surface area contributed by atoms with Crippen LogP contribution in [0.1, 0.15) is 23.6 Å². The maximum atomic E-state index is 12.5. The molecule has 2 aromatic rings. The van der Waals surface area contributed by atoms with Gasteiger partial charge >= 0.3 is 6.18 Å². The first-order valence-electron chi connectivity index (χ1n) is 7.24. The SMILES string of the molecule is Cc1cn2c(n1)CC[C@@H](NC(=O)Cn1ccc(C(F)(F)F)n1)C2. The van der Waals surface area contributed by atoms with Crippen LogP contribution in [0.2, 0.25) is 0 Å². The monoisotopic (exact) mass is 327 g/mol. The predicted molar refractivity (Wildman–Crippen MR) is 74.4 cm³/mol. The fourth-order valence-corrected chi connectivity index (χ4v) is 2.73. The van der Waals surface area contributed by atoms with Gasteiger partial charge in [0.25, 0.3) is 0 Å². The Labute approximate surface area is 130 Å². The summed E-state index contributed by atoms with van der Waals surface area (Å²) in [6.45, 7) is 2.30. The molecule has 1 aliphatic rings. The first-order valence-corrected chi connectivity index (χ1v) is 7.24. The summed E-state index contributed by atoms with van der Waals surface area (Å²) in [5, 5.41) is 6.21. The molecular weight excluding hydrogens is 311 g/mol. The third-order valence-electron chi connectivity index (χ3n) is 3.71. The summed E-state index contributed by atoms with van der Waals surface area (Å²) in [6.07, 6.45) is 0.103. The van der Waals surface area contributed by atoms with Crippen molar-refractivity contribution in [2.75, 3.05) is 0 Å². The molecule has 1 N–H and O–H groups in total. The number of fused-ring (bicyclic) bond motifs is 1. The standard InChI is InChI=1S/C14H16F3N5O/c1-9-6-21-7-10(2-3-12(21)18-9)19-13(23)8-22-5-4-11(20-22)14(15,16)17/h4-6,10H,2-3,7-8H2,1H3,(H,19,23)/t10-/m1/s1. The number of amides is 1. The van der Waals surface area contributed by atoms with E-state index in [-0.39, 0.29) is 18.5 Å². The van der Waals surface area contributed by atoms with Crippen LogP contribution in [-0.2, 0) is 30.5 Å². The first-order chi connectivity index (χ1) is 10.8. The molecule has 3 rings (SSSR count). The molecular formula is C14H16F3N5O. The lowest BCUT2D eigenvalue weighted by molar-refractivity contribution is -0.141. The third-order valence-corrected chi connectivity index (χ3v) is 3.71. The number of rotatable bonds is 3. The van der Waals surface area contributed by atoms with Gasteiger partial charge < -0.3 is 9.88 Å². The van der Waals surface area contributed by atoms with E-state index in [9.17, 15) is 18.0 Å². The van der Waals surface area contributed by atoms with E-state index in [1.54, 1.807) is 0 Å². The third kappa shape index (κ3) is 3.54. The normalized spacial score (nSPS) is 17.8. The highest BCUT2D eigenvalue weighted by Gasteiger charge is 2.33. The predicted octanol–water partition coefficient (Wildman–Crippen LogP) is 1.54. The average Bonchev–Trinajstić information content (AvgIpc) is 3.03. The molecule has 23 heavy (non-hydrogen) atoms. The van der Waals surface area contributed by atoms with E-state index in [4.69, 9.17) is 0 Å². The van der Waals surface area contributed by atoms with E-state index >= 15 is 0 Å². The van der Waals surface area contributed by atoms with E-state index in [2.05, 4.69) is 15.4 Å². The van der Waals surface area contributed by atoms with E-state index in [1.807, 2.05) is 17.7 Å². The Balaban J connectivity index is 1.57. The molecule has 1 atom stereocenters. The van der Waals surface area contributed by atoms with E-state index in [0.717, 1.165) is 41.3 Å². The molecule has 0 bridgehead atoms. The zero-order chi connectivity index (χ0) is 16.6. The summed E-state index contributed by atoms with van der Waals surface area (Å²) >= 11 is 0. The lowest BCUT2D eigenvalue weighted by atomic mass is 10.1. The molecule has 1 aliphatic heterocycles. The fourth-order valence-electron chi connectivity index (χ4n) is 2.73. The zero-order valence-electron chi connectivity index (χ0n) is 12.5. The van der Waals surface area contributed by atoms with Gasteiger partial charge in [-0.1, -0.05) is 0 Å². The van der Waals surface area contributed by atoms with Gasteiger partial charge in [-0.3, -0.25) is 9.48 Å². The van der Waals surface area contributed by atoms with Crippen LogP contribution < -0.4 is 5.32 Å². The topological polar surface area (TPSA) is 64.7 Å². The largest absolute Gasteiger partial charge is 0.435 e. The highest BCUT2D eigenvalue weighted by atomic mass is 19.4. The molecule has 0 spiro atoms. The van der Waals surface area contributed by atoms with Crippen LogP contribution in [0.5, 0.6) is 0 Å². The number of imidazole rings is 1. The number of carbonyl (C=O) groups is 1. The Morgan fingerprint density at radius 1 is 1.48 bits per heavy atom. The van der Waals surface area contributed by atoms with Crippen molar-refractivity contribution in [2.45, 2.75) is 45.1 Å². The van der Waals surface area contributed by atoms with Crippen molar-refractivity contribution in [3.8, 4) is 0 Å². The van der Waals surface area contributed by atoms with Gasteiger partial charge in [0.2, 0.25) is 5.91 Å². The lowest BCUT2D eigenvalue weighted by Crippen LogP contribution is -2.42. The molecule has 1 amide bonds. The van der Waals surface area contributed by atoms with Gasteiger partial charge in [-0.05, 0) is 19.4 Å². The van der Waals surface area contributed by atoms with Crippen molar-refractivity contribution in [3.05, 3.63) is 35.7 Å². The minimum absolute atomic E-state index is 0.0544. The molecule has 0 radical (unpaired) electrons. The molecule has 9 heteroatoms. The fraction of sp³-hybridized carbons (Fsp3) is 0.500. The number of nitrogens with zero attached hydrogens (tertiary/aromatic N) is 4. The van der Waals surface area contributed by atoms with Gasteiger partial charge in [-0.25, -0.2) is 4.98 Å². The second-order valence-corrected chi connectivity index (χ2v) is 5.65. The quantitative estimate of drug-likeness (QED) is 0.930. The van der Waals surface area contributed by atoms with Crippen LogP contribution in [0.3, 0.4) is 0 Å². The Hall–Kier alpha value is -2.32. The van der Waals surface area contributed by atoms with Crippen molar-refractivity contribution in [1.82, 2.24) is 24.6 Å². The maximum absolute atomic E-state index is 12.5. The van der Waals surface area contributed by atoms with Gasteiger partial charge in [0.05, 0.1) is 5.69 Å². The number of alkyl halides is 3. The zero-order valence-corrected chi connectivity index (χ0v) is 12.5. The second kappa shape index (κ2) is 5.71. The summed E-state index contributed by atoms with van der Waals surface area (Å²) < 4.78 is 40.4. The van der Waals surface area contributed by atoms with Crippen LogP contribution in [0.4, 0.5) is 13.2 Å². The van der Waals surface area contributed by atoms with Crippen molar-refractivity contribution in [2.24, 2.45) is 0 Å². The van der Waals surface area contributed by atoms with Crippen LogP contribution in [0.25, 0.3) is 0 Å². The number of halogens is 3. The Kier molecular flexibility index (Phi) is 3.87. The van der Waals surface area contributed by atoms with Crippen molar-refractivity contribution in [1.29, 1.82) is 0 Å². The summed E-state index contributed by atoms with van der Waals surface area (Å²) in [5.41, 5.74) is -0.0651. The van der Waals surface area contributed by atoms with E-state index in [0.29, 0.717) is 6.54 Å². The molecule has 2 aromatic heterocycles. The first kappa shape index (κ1) is 15.6. The van der Waals surface area contributed by atoms with Crippen molar-refractivity contribution < 1.29 is 18.0 Å².